The Hall–Kier alpha value is -3.75. The molecule has 3 aromatic carbocycles. The number of fused-ring (bicyclic) bond motifs is 1. The molecule has 8 heteroatoms. The van der Waals surface area contributed by atoms with Crippen LogP contribution < -0.4 is 21.3 Å². The molecule has 0 bridgehead atoms. The van der Waals surface area contributed by atoms with Crippen LogP contribution in [-0.2, 0) is 16.0 Å². The highest BCUT2D eigenvalue weighted by Gasteiger charge is 2.33. The summed E-state index contributed by atoms with van der Waals surface area (Å²) >= 11 is 0. The average Bonchev–Trinajstić information content (AvgIpc) is 2.89. The second-order valence-electron chi connectivity index (χ2n) is 11.0. The fraction of sp³-hybridized carbons (Fsp3) is 0.387. The zero-order valence-electron chi connectivity index (χ0n) is 23.2. The second-order valence-corrected chi connectivity index (χ2v) is 11.0. The van der Waals surface area contributed by atoms with Gasteiger partial charge in [-0.05, 0) is 69.1 Å². The molecule has 0 heterocycles. The molecule has 0 unspecified atom stereocenters. The fourth-order valence-corrected chi connectivity index (χ4v) is 4.09. The second kappa shape index (κ2) is 13.4. The van der Waals surface area contributed by atoms with Gasteiger partial charge in [0.05, 0.1) is 5.60 Å². The summed E-state index contributed by atoms with van der Waals surface area (Å²) in [6.07, 6.45) is 0.957. The van der Waals surface area contributed by atoms with Crippen LogP contribution >= 0.6 is 0 Å². The largest absolute Gasteiger partial charge is 0.389 e. The average molecular weight is 533 g/mol. The molecule has 39 heavy (non-hydrogen) atoms. The summed E-state index contributed by atoms with van der Waals surface area (Å²) in [5, 5.41) is 23.7. The molecule has 0 aliphatic rings. The van der Waals surface area contributed by atoms with E-state index < -0.39 is 23.1 Å². The molecular formula is C31H40N4O4. The molecule has 208 valence electrons. The molecule has 0 aromatic heterocycles. The normalized spacial score (nSPS) is 12.5. The van der Waals surface area contributed by atoms with Crippen molar-refractivity contribution < 1.29 is 19.5 Å². The quantitative estimate of drug-likeness (QED) is 0.217. The number of hydrogen-bond donors (Lipinski definition) is 5. The van der Waals surface area contributed by atoms with Crippen molar-refractivity contribution in [3.63, 3.8) is 0 Å². The molecule has 0 fully saturated rings. The SMILES string of the molecule is CC(C)(O)CNCCCNC(=O)[C@@H](Cc1ccc2ccccc2c1)NC(=O)C(C)(C)NC(=O)c1ccccc1. The number of rotatable bonds is 13. The molecule has 3 amide bonds. The molecule has 1 atom stereocenters. The van der Waals surface area contributed by atoms with Crippen molar-refractivity contribution in [1.29, 1.82) is 0 Å². The highest BCUT2D eigenvalue weighted by atomic mass is 16.3. The zero-order chi connectivity index (χ0) is 28.5. The lowest BCUT2D eigenvalue weighted by Gasteiger charge is -2.28. The van der Waals surface area contributed by atoms with E-state index in [9.17, 15) is 19.5 Å². The van der Waals surface area contributed by atoms with Gasteiger partial charge in [-0.25, -0.2) is 0 Å². The molecule has 0 saturated carbocycles. The molecule has 0 spiro atoms. The van der Waals surface area contributed by atoms with E-state index in [1.165, 1.54) is 0 Å². The lowest BCUT2D eigenvalue weighted by molar-refractivity contribution is -0.131. The summed E-state index contributed by atoms with van der Waals surface area (Å²) in [7, 11) is 0. The van der Waals surface area contributed by atoms with Crippen molar-refractivity contribution in [2.75, 3.05) is 19.6 Å². The van der Waals surface area contributed by atoms with Crippen LogP contribution in [0.25, 0.3) is 10.8 Å². The van der Waals surface area contributed by atoms with Crippen LogP contribution in [0.5, 0.6) is 0 Å². The standard InChI is InChI=1S/C31H40N4O4/c1-30(2,39)21-32-17-10-18-33-28(37)26(20-22-15-16-23-11-8-9-14-25(23)19-22)34-29(38)31(3,4)35-27(36)24-12-6-5-7-13-24/h5-9,11-16,19,26,32,39H,10,17-18,20-21H2,1-4H3,(H,33,37)(H,34,38)(H,35,36)/t26-/m1/s1. The van der Waals surface area contributed by atoms with Crippen LogP contribution in [0.3, 0.4) is 0 Å². The lowest BCUT2D eigenvalue weighted by Crippen LogP contribution is -2.59. The van der Waals surface area contributed by atoms with Gasteiger partial charge >= 0.3 is 0 Å². The van der Waals surface area contributed by atoms with Crippen molar-refractivity contribution >= 4 is 28.5 Å². The molecule has 5 N–H and O–H groups in total. The number of aliphatic hydroxyl groups is 1. The number of benzene rings is 3. The third kappa shape index (κ3) is 9.50. The van der Waals surface area contributed by atoms with Crippen LogP contribution in [0.1, 0.15) is 50.0 Å². The Kier molecular flexibility index (Phi) is 10.2. The highest BCUT2D eigenvalue weighted by Crippen LogP contribution is 2.17. The monoisotopic (exact) mass is 532 g/mol. The third-order valence-corrected chi connectivity index (χ3v) is 6.29. The molecule has 0 aliphatic carbocycles. The van der Waals surface area contributed by atoms with Gasteiger partial charge in [-0.1, -0.05) is 60.7 Å². The molecule has 0 saturated heterocycles. The van der Waals surface area contributed by atoms with Gasteiger partial charge in [-0.15, -0.1) is 0 Å². The van der Waals surface area contributed by atoms with Gasteiger partial charge in [0.25, 0.3) is 5.91 Å². The number of carbonyl (C=O) groups excluding carboxylic acids is 3. The molecular weight excluding hydrogens is 492 g/mol. The summed E-state index contributed by atoms with van der Waals surface area (Å²) in [5.41, 5.74) is -0.703. The van der Waals surface area contributed by atoms with Crippen molar-refractivity contribution in [2.24, 2.45) is 0 Å². The predicted molar refractivity (Wildman–Crippen MR) is 154 cm³/mol. The number of carbonyl (C=O) groups is 3. The lowest BCUT2D eigenvalue weighted by atomic mass is 9.98. The van der Waals surface area contributed by atoms with Crippen LogP contribution in [0.4, 0.5) is 0 Å². The first-order valence-electron chi connectivity index (χ1n) is 13.3. The minimum atomic E-state index is -1.25. The van der Waals surface area contributed by atoms with Crippen LogP contribution in [0, 0.1) is 0 Å². The van der Waals surface area contributed by atoms with E-state index >= 15 is 0 Å². The first-order valence-corrected chi connectivity index (χ1v) is 13.3. The van der Waals surface area contributed by atoms with Gasteiger partial charge in [0.1, 0.15) is 11.6 Å². The van der Waals surface area contributed by atoms with E-state index in [4.69, 9.17) is 0 Å². The Bertz CT molecular complexity index is 1270. The van der Waals surface area contributed by atoms with E-state index in [1.54, 1.807) is 52.0 Å². The van der Waals surface area contributed by atoms with E-state index in [-0.39, 0.29) is 11.8 Å². The summed E-state index contributed by atoms with van der Waals surface area (Å²) in [6.45, 7) is 8.17. The van der Waals surface area contributed by atoms with Gasteiger partial charge < -0.3 is 26.4 Å². The minimum absolute atomic E-state index is 0.294. The summed E-state index contributed by atoms with van der Waals surface area (Å²) in [4.78, 5) is 39.3. The Morgan fingerprint density at radius 3 is 2.21 bits per heavy atom. The van der Waals surface area contributed by atoms with E-state index in [2.05, 4.69) is 21.3 Å². The predicted octanol–water partition coefficient (Wildman–Crippen LogP) is 2.94. The fourth-order valence-electron chi connectivity index (χ4n) is 4.09. The Balaban J connectivity index is 1.68. The molecule has 3 rings (SSSR count). The summed E-state index contributed by atoms with van der Waals surface area (Å²) < 4.78 is 0. The van der Waals surface area contributed by atoms with E-state index in [0.717, 1.165) is 16.3 Å². The van der Waals surface area contributed by atoms with Gasteiger partial charge in [-0.3, -0.25) is 14.4 Å². The first kappa shape index (κ1) is 29.8. The van der Waals surface area contributed by atoms with Crippen LogP contribution in [0.2, 0.25) is 0 Å². The van der Waals surface area contributed by atoms with E-state index in [0.29, 0.717) is 38.0 Å². The first-order chi connectivity index (χ1) is 18.4. The zero-order valence-corrected chi connectivity index (χ0v) is 23.2. The maximum atomic E-state index is 13.3. The van der Waals surface area contributed by atoms with Crippen molar-refractivity contribution in [3.05, 3.63) is 83.9 Å². The molecule has 8 nitrogen and oxygen atoms in total. The highest BCUT2D eigenvalue weighted by molar-refractivity contribution is 6.00. The van der Waals surface area contributed by atoms with Gasteiger partial charge in [0, 0.05) is 25.1 Å². The smallest absolute Gasteiger partial charge is 0.252 e. The summed E-state index contributed by atoms with van der Waals surface area (Å²) in [5.74, 6) is -1.13. The molecule has 0 radical (unpaired) electrons. The van der Waals surface area contributed by atoms with Crippen molar-refractivity contribution in [3.8, 4) is 0 Å². The topological polar surface area (TPSA) is 120 Å². The Morgan fingerprint density at radius 1 is 0.846 bits per heavy atom. The third-order valence-electron chi connectivity index (χ3n) is 6.29. The van der Waals surface area contributed by atoms with Gasteiger partial charge in [0.2, 0.25) is 11.8 Å². The van der Waals surface area contributed by atoms with Crippen molar-refractivity contribution in [1.82, 2.24) is 21.3 Å². The Morgan fingerprint density at radius 2 is 1.51 bits per heavy atom. The maximum Gasteiger partial charge on any atom is 0.252 e. The van der Waals surface area contributed by atoms with Crippen molar-refractivity contribution in [2.45, 2.75) is 57.7 Å². The number of amides is 3. The number of hydrogen-bond acceptors (Lipinski definition) is 5. The minimum Gasteiger partial charge on any atom is -0.389 e. The maximum absolute atomic E-state index is 13.3. The van der Waals surface area contributed by atoms with Gasteiger partial charge in [0.15, 0.2) is 0 Å². The number of nitrogens with one attached hydrogen (secondary N) is 4. The summed E-state index contributed by atoms with van der Waals surface area (Å²) in [6, 6.07) is 21.8. The Labute approximate surface area is 230 Å². The van der Waals surface area contributed by atoms with Gasteiger partial charge in [-0.2, -0.15) is 0 Å². The van der Waals surface area contributed by atoms with E-state index in [1.807, 2.05) is 48.5 Å². The van der Waals surface area contributed by atoms with Crippen LogP contribution in [-0.4, -0.2) is 59.6 Å². The molecule has 0 aliphatic heterocycles. The molecule has 3 aromatic rings. The van der Waals surface area contributed by atoms with Crippen LogP contribution in [0.15, 0.2) is 72.8 Å².